The van der Waals surface area contributed by atoms with Crippen LogP contribution in [0.25, 0.3) is 61.2 Å². The number of carbonyl (C=O) groups is 2. The molecule has 0 aliphatic rings. The molecule has 0 unspecified atom stereocenters. The van der Waals surface area contributed by atoms with Gasteiger partial charge in [0.1, 0.15) is 0 Å². The normalized spacial score (nSPS) is 10.9. The molecule has 0 aliphatic heterocycles. The van der Waals surface area contributed by atoms with Gasteiger partial charge in [0.25, 0.3) is 0 Å². The minimum absolute atomic E-state index is 0.126. The molecule has 0 saturated heterocycles. The fourth-order valence-corrected chi connectivity index (χ4v) is 8.93. The minimum Gasteiger partial charge on any atom is -0.289 e. The summed E-state index contributed by atoms with van der Waals surface area (Å²) in [4.78, 5) is 29.3. The van der Waals surface area contributed by atoms with Crippen LogP contribution in [0.5, 0.6) is 0 Å². The lowest BCUT2D eigenvalue weighted by molar-refractivity contribution is 0.103. The molecule has 2 nitrogen and oxygen atoms in total. The van der Waals surface area contributed by atoms with Gasteiger partial charge in [-0.15, -0.1) is 0 Å². The van der Waals surface area contributed by atoms with Gasteiger partial charge in [-0.05, 0) is 131 Å². The molecule has 10 aromatic carbocycles. The average Bonchev–Trinajstić information content (AvgIpc) is 3.45. The van der Waals surface area contributed by atoms with Crippen LogP contribution in [-0.4, -0.2) is 11.6 Å². The van der Waals surface area contributed by atoms with Crippen molar-refractivity contribution < 1.29 is 9.59 Å². The van der Waals surface area contributed by atoms with Crippen LogP contribution in [0.3, 0.4) is 0 Å². The summed E-state index contributed by atoms with van der Waals surface area (Å²) in [5, 5.41) is 0. The molecule has 0 fully saturated rings. The van der Waals surface area contributed by atoms with E-state index in [0.29, 0.717) is 27.8 Å². The fraction of sp³-hybridized carbons (Fsp3) is 0. The minimum atomic E-state index is -0.126. The first-order valence-electron chi connectivity index (χ1n) is 23.4. The lowest BCUT2D eigenvalue weighted by Crippen LogP contribution is -2.06. The maximum Gasteiger partial charge on any atom is 0.193 e. The second kappa shape index (κ2) is 19.9. The molecule has 70 heavy (non-hydrogen) atoms. The van der Waals surface area contributed by atoms with Crippen molar-refractivity contribution in [1.82, 2.24) is 0 Å². The van der Waals surface area contributed by atoms with E-state index in [1.807, 2.05) is 158 Å². The van der Waals surface area contributed by atoms with Gasteiger partial charge in [0.15, 0.2) is 11.6 Å². The number of rotatable bonds is 14. The molecule has 0 radical (unpaired) electrons. The van der Waals surface area contributed by atoms with Crippen LogP contribution in [0.15, 0.2) is 275 Å². The molecule has 0 N–H and O–H groups in total. The standard InChI is InChI=1S/C68H48O2/c1-46(49-24-28-55(29-25-49)51-16-8-4-9-17-51)61-40-63(44-65(42-61)67(69)59-36-32-57(33-37-59)53-20-12-6-13-21-53)48(3)64-41-62(47(2)50-26-30-56(31-27-50)52-18-10-5-11-19-52)43-66(45-64)68(70)60-38-34-58(35-39-60)54-22-14-7-15-23-54/h4-45H,1-3H2. The fourth-order valence-electron chi connectivity index (χ4n) is 8.93. The highest BCUT2D eigenvalue weighted by molar-refractivity contribution is 6.11. The highest BCUT2D eigenvalue weighted by Crippen LogP contribution is 2.35. The van der Waals surface area contributed by atoms with Gasteiger partial charge in [-0.3, -0.25) is 9.59 Å². The van der Waals surface area contributed by atoms with E-state index in [9.17, 15) is 9.59 Å². The predicted molar refractivity (Wildman–Crippen MR) is 292 cm³/mol. The monoisotopic (exact) mass is 896 g/mol. The number of hydrogen-bond donors (Lipinski definition) is 0. The predicted octanol–water partition coefficient (Wildman–Crippen LogP) is 17.0. The largest absolute Gasteiger partial charge is 0.289 e. The van der Waals surface area contributed by atoms with Crippen LogP contribution in [0.4, 0.5) is 0 Å². The molecule has 0 spiro atoms. The van der Waals surface area contributed by atoms with Crippen LogP contribution in [-0.2, 0) is 0 Å². The Kier molecular flexibility index (Phi) is 12.7. The summed E-state index contributed by atoms with van der Waals surface area (Å²) < 4.78 is 0. The third-order valence-corrected chi connectivity index (χ3v) is 13.0. The van der Waals surface area contributed by atoms with E-state index in [1.165, 1.54) is 0 Å². The summed E-state index contributed by atoms with van der Waals surface area (Å²) in [6.07, 6.45) is 0. The molecule has 2 heteroatoms. The van der Waals surface area contributed by atoms with Gasteiger partial charge in [0, 0.05) is 22.3 Å². The molecule has 0 aliphatic carbocycles. The van der Waals surface area contributed by atoms with Gasteiger partial charge in [-0.2, -0.15) is 0 Å². The number of benzene rings is 10. The SMILES string of the molecule is C=C(c1ccc(-c2ccccc2)cc1)c1cc(C(=C)c2cc(C(=C)c3ccc(-c4ccccc4)cc3)cc(C(=O)c3ccc(-c4ccccc4)cc3)c2)cc(C(=O)c2ccc(-c3ccccc3)cc2)c1. The van der Waals surface area contributed by atoms with Crippen LogP contribution in [0.1, 0.15) is 65.2 Å². The molecule has 10 rings (SSSR count). The van der Waals surface area contributed by atoms with Crippen LogP contribution in [0, 0.1) is 0 Å². The Balaban J connectivity index is 1.05. The lowest BCUT2D eigenvalue weighted by atomic mass is 9.86. The highest BCUT2D eigenvalue weighted by atomic mass is 16.1. The summed E-state index contributed by atoms with van der Waals surface area (Å²) in [5.41, 5.74) is 17.8. The first-order valence-corrected chi connectivity index (χ1v) is 23.4. The Morgan fingerprint density at radius 2 is 0.386 bits per heavy atom. The highest BCUT2D eigenvalue weighted by Gasteiger charge is 2.19. The molecule has 0 saturated carbocycles. The second-order valence-electron chi connectivity index (χ2n) is 17.5. The summed E-state index contributed by atoms with van der Waals surface area (Å²) in [5.74, 6) is -0.253. The van der Waals surface area contributed by atoms with Crippen molar-refractivity contribution in [3.8, 4) is 44.5 Å². The van der Waals surface area contributed by atoms with E-state index in [-0.39, 0.29) is 11.6 Å². The molecular weight excluding hydrogens is 849 g/mol. The Hall–Kier alpha value is -9.24. The summed E-state index contributed by atoms with van der Waals surface area (Å²) in [6.45, 7) is 13.9. The van der Waals surface area contributed by atoms with Crippen LogP contribution in [0.2, 0.25) is 0 Å². The maximum absolute atomic E-state index is 14.6. The van der Waals surface area contributed by atoms with Crippen molar-refractivity contribution in [2.24, 2.45) is 0 Å². The first kappa shape index (κ1) is 44.6. The van der Waals surface area contributed by atoms with Gasteiger partial charge in [0.05, 0.1) is 0 Å². The maximum atomic E-state index is 14.6. The topological polar surface area (TPSA) is 34.1 Å². The summed E-state index contributed by atoms with van der Waals surface area (Å²) in [7, 11) is 0. The third-order valence-electron chi connectivity index (χ3n) is 13.0. The quantitative estimate of drug-likeness (QED) is 0.102. The molecule has 0 heterocycles. The number of hydrogen-bond acceptors (Lipinski definition) is 2. The molecule has 0 aromatic heterocycles. The van der Waals surface area contributed by atoms with Crippen molar-refractivity contribution in [3.63, 3.8) is 0 Å². The van der Waals surface area contributed by atoms with Gasteiger partial charge in [-0.25, -0.2) is 0 Å². The van der Waals surface area contributed by atoms with E-state index >= 15 is 0 Å². The summed E-state index contributed by atoms with van der Waals surface area (Å²) >= 11 is 0. The molecule has 0 bridgehead atoms. The zero-order valence-electron chi connectivity index (χ0n) is 38.7. The van der Waals surface area contributed by atoms with Crippen LogP contribution >= 0.6 is 0 Å². The van der Waals surface area contributed by atoms with Crippen molar-refractivity contribution in [2.75, 3.05) is 0 Å². The number of ketones is 2. The van der Waals surface area contributed by atoms with Crippen molar-refractivity contribution in [3.05, 3.63) is 330 Å². The molecule has 0 atom stereocenters. The zero-order chi connectivity index (χ0) is 48.0. The van der Waals surface area contributed by atoms with E-state index < -0.39 is 0 Å². The Bertz CT molecular complexity index is 3070. The lowest BCUT2D eigenvalue weighted by Gasteiger charge is -2.17. The molecule has 0 amide bonds. The van der Waals surface area contributed by atoms with Crippen molar-refractivity contribution >= 4 is 28.3 Å². The van der Waals surface area contributed by atoms with Crippen molar-refractivity contribution in [2.45, 2.75) is 0 Å². The second-order valence-corrected chi connectivity index (χ2v) is 17.5. The van der Waals surface area contributed by atoms with E-state index in [0.717, 1.165) is 89.0 Å². The van der Waals surface area contributed by atoms with Gasteiger partial charge >= 0.3 is 0 Å². The van der Waals surface area contributed by atoms with Gasteiger partial charge in [-0.1, -0.05) is 238 Å². The van der Waals surface area contributed by atoms with E-state index in [4.69, 9.17) is 0 Å². The Morgan fingerprint density at radius 1 is 0.200 bits per heavy atom. The average molecular weight is 897 g/mol. The zero-order valence-corrected chi connectivity index (χ0v) is 38.7. The summed E-state index contributed by atoms with van der Waals surface area (Å²) in [6, 6.07) is 84.7. The number of carbonyl (C=O) groups excluding carboxylic acids is 2. The van der Waals surface area contributed by atoms with Gasteiger partial charge in [0.2, 0.25) is 0 Å². The molecule has 332 valence electrons. The third kappa shape index (κ3) is 9.62. The van der Waals surface area contributed by atoms with Gasteiger partial charge < -0.3 is 0 Å². The van der Waals surface area contributed by atoms with E-state index in [1.54, 1.807) is 0 Å². The Morgan fingerprint density at radius 3 is 0.629 bits per heavy atom. The molecule has 10 aromatic rings. The first-order chi connectivity index (χ1) is 34.3. The van der Waals surface area contributed by atoms with Crippen molar-refractivity contribution in [1.29, 1.82) is 0 Å². The van der Waals surface area contributed by atoms with E-state index in [2.05, 4.69) is 117 Å². The molecular formula is C68H48O2. The van der Waals surface area contributed by atoms with Crippen LogP contribution < -0.4 is 0 Å². The smallest absolute Gasteiger partial charge is 0.193 e. The Labute approximate surface area is 410 Å².